The smallest absolute Gasteiger partial charge is 0.338 e. The van der Waals surface area contributed by atoms with Gasteiger partial charge >= 0.3 is 5.97 Å². The van der Waals surface area contributed by atoms with E-state index in [4.69, 9.17) is 14.0 Å². The van der Waals surface area contributed by atoms with E-state index in [0.29, 0.717) is 31.1 Å². The first kappa shape index (κ1) is 20.1. The molecule has 0 saturated heterocycles. The molecule has 1 unspecified atom stereocenters. The van der Waals surface area contributed by atoms with Gasteiger partial charge in [0, 0.05) is 17.3 Å². The number of hydrogen-bond acceptors (Lipinski definition) is 5. The van der Waals surface area contributed by atoms with E-state index in [9.17, 15) is 4.79 Å². The molecule has 0 saturated carbocycles. The molecule has 2 aromatic rings. The zero-order valence-corrected chi connectivity index (χ0v) is 17.8. The highest BCUT2D eigenvalue weighted by atomic mass is 127. The second kappa shape index (κ2) is 9.46. The fourth-order valence-electron chi connectivity index (χ4n) is 2.74. The molecule has 7 heteroatoms. The Bertz CT molecular complexity index is 744. The van der Waals surface area contributed by atoms with Crippen LogP contribution in [0.1, 0.15) is 27.2 Å². The van der Waals surface area contributed by atoms with Crippen LogP contribution in [0.15, 0.2) is 24.3 Å². The lowest BCUT2D eigenvalue weighted by atomic mass is 9.93. The number of rotatable bonds is 7. The molecule has 0 amide bonds. The minimum Gasteiger partial charge on any atom is -0.475 e. The number of carbonyl (C=O) groups is 1. The summed E-state index contributed by atoms with van der Waals surface area (Å²) in [7, 11) is 1.39. The van der Waals surface area contributed by atoms with Crippen LogP contribution in [0, 0.1) is 20.8 Å². The minimum absolute atomic E-state index is 0.335. The predicted molar refractivity (Wildman–Crippen MR) is 109 cm³/mol. The topological polar surface area (TPSA) is 57.7 Å². The maximum atomic E-state index is 11.9. The summed E-state index contributed by atoms with van der Waals surface area (Å²) in [5.74, 6) is 0.249. The summed E-state index contributed by atoms with van der Waals surface area (Å²) in [6, 6.07) is 7.54. The number of ether oxygens (including phenoxy) is 2. The Balaban J connectivity index is 2.36. The van der Waals surface area contributed by atoms with Crippen molar-refractivity contribution in [3.63, 3.8) is 0 Å². The molecule has 1 aromatic carbocycles. The van der Waals surface area contributed by atoms with Gasteiger partial charge in [-0.25, -0.2) is 9.78 Å². The summed E-state index contributed by atoms with van der Waals surface area (Å²) >= 11 is 2.18. The highest BCUT2D eigenvalue weighted by molar-refractivity contribution is 14.2. The second-order valence-electron chi connectivity index (χ2n) is 5.48. The molecule has 0 N–H and O–H groups in total. The molecule has 1 aromatic heterocycles. The third kappa shape index (κ3) is 4.90. The SMILES string of the molecule is COC(=O)c1cccc(-c2c(C)cc(OCCOPI)nc2C)c1C. The number of carbonyl (C=O) groups excluding carboxylic acids is 1. The molecule has 0 aliphatic rings. The van der Waals surface area contributed by atoms with Crippen LogP contribution in [-0.4, -0.2) is 31.3 Å². The number of benzene rings is 1. The zero-order chi connectivity index (χ0) is 18.4. The van der Waals surface area contributed by atoms with Gasteiger partial charge in [0.15, 0.2) is 0 Å². The lowest BCUT2D eigenvalue weighted by Crippen LogP contribution is -2.07. The van der Waals surface area contributed by atoms with Crippen molar-refractivity contribution in [3.05, 3.63) is 46.6 Å². The number of pyridine rings is 1. The van der Waals surface area contributed by atoms with Gasteiger partial charge in [-0.15, -0.1) is 0 Å². The van der Waals surface area contributed by atoms with Gasteiger partial charge in [-0.3, -0.25) is 0 Å². The van der Waals surface area contributed by atoms with Crippen molar-refractivity contribution in [2.24, 2.45) is 0 Å². The summed E-state index contributed by atoms with van der Waals surface area (Å²) in [5, 5.41) is 0. The van der Waals surface area contributed by atoms with Gasteiger partial charge in [0.25, 0.3) is 0 Å². The molecule has 0 radical (unpaired) electrons. The highest BCUT2D eigenvalue weighted by Crippen LogP contribution is 2.32. The van der Waals surface area contributed by atoms with Gasteiger partial charge in [-0.1, -0.05) is 12.1 Å². The number of aryl methyl sites for hydroxylation is 2. The van der Waals surface area contributed by atoms with Crippen LogP contribution < -0.4 is 4.74 Å². The van der Waals surface area contributed by atoms with E-state index in [-0.39, 0.29) is 5.97 Å². The Hall–Kier alpha value is -1.24. The third-order valence-corrected chi connectivity index (χ3v) is 5.12. The van der Waals surface area contributed by atoms with Crippen LogP contribution in [-0.2, 0) is 9.26 Å². The van der Waals surface area contributed by atoms with Crippen LogP contribution in [0.3, 0.4) is 0 Å². The molecule has 0 bridgehead atoms. The Kier molecular flexibility index (Phi) is 7.59. The summed E-state index contributed by atoms with van der Waals surface area (Å²) in [6.07, 6.45) is 0. The first-order valence-corrected chi connectivity index (χ1v) is 11.8. The van der Waals surface area contributed by atoms with E-state index < -0.39 is 0 Å². The number of methoxy groups -OCH3 is 1. The van der Waals surface area contributed by atoms with E-state index >= 15 is 0 Å². The fourth-order valence-corrected chi connectivity index (χ4v) is 3.56. The van der Waals surface area contributed by atoms with Gasteiger partial charge < -0.3 is 14.0 Å². The largest absolute Gasteiger partial charge is 0.475 e. The van der Waals surface area contributed by atoms with E-state index in [2.05, 4.69) is 27.0 Å². The molecule has 1 atom stereocenters. The molecule has 0 spiro atoms. The van der Waals surface area contributed by atoms with E-state index in [0.717, 1.165) is 27.9 Å². The van der Waals surface area contributed by atoms with Crippen LogP contribution in [0.4, 0.5) is 0 Å². The molecular formula is C18H21INO4P. The van der Waals surface area contributed by atoms with Crippen molar-refractivity contribution >= 4 is 34.5 Å². The minimum atomic E-state index is -0.335. The normalized spacial score (nSPS) is 11.1. The van der Waals surface area contributed by atoms with Crippen LogP contribution >= 0.6 is 28.5 Å². The molecule has 134 valence electrons. The Morgan fingerprint density at radius 1 is 1.24 bits per heavy atom. The van der Waals surface area contributed by atoms with Crippen LogP contribution in [0.25, 0.3) is 11.1 Å². The Labute approximate surface area is 162 Å². The first-order valence-electron chi connectivity index (χ1n) is 7.76. The maximum Gasteiger partial charge on any atom is 0.338 e. The monoisotopic (exact) mass is 473 g/mol. The number of aromatic nitrogens is 1. The molecule has 0 aliphatic heterocycles. The zero-order valence-electron chi connectivity index (χ0n) is 14.7. The lowest BCUT2D eigenvalue weighted by molar-refractivity contribution is 0.0600. The summed E-state index contributed by atoms with van der Waals surface area (Å²) in [4.78, 5) is 16.5. The van der Waals surface area contributed by atoms with Gasteiger partial charge in [0.2, 0.25) is 5.88 Å². The van der Waals surface area contributed by atoms with Crippen molar-refractivity contribution in [2.45, 2.75) is 20.8 Å². The molecule has 5 nitrogen and oxygen atoms in total. The molecule has 1 heterocycles. The van der Waals surface area contributed by atoms with Crippen molar-refractivity contribution in [1.29, 1.82) is 0 Å². The lowest BCUT2D eigenvalue weighted by Gasteiger charge is -2.16. The second-order valence-corrected chi connectivity index (χ2v) is 7.25. The highest BCUT2D eigenvalue weighted by Gasteiger charge is 2.17. The van der Waals surface area contributed by atoms with Crippen molar-refractivity contribution in [2.75, 3.05) is 20.3 Å². The van der Waals surface area contributed by atoms with Crippen LogP contribution in [0.2, 0.25) is 0 Å². The fraction of sp³-hybridized carbons (Fsp3) is 0.333. The average Bonchev–Trinajstić information content (AvgIpc) is 2.59. The van der Waals surface area contributed by atoms with E-state index in [1.165, 1.54) is 7.11 Å². The number of hydrogen-bond donors (Lipinski definition) is 0. The van der Waals surface area contributed by atoms with Crippen molar-refractivity contribution in [3.8, 4) is 17.0 Å². The molecule has 25 heavy (non-hydrogen) atoms. The Morgan fingerprint density at radius 3 is 2.64 bits per heavy atom. The standard InChI is InChI=1S/C18H21INO4P/c1-11-10-16(23-8-9-24-25-19)20-13(3)17(11)14-6-5-7-15(12(14)2)18(21)22-4/h5-7,10,25H,8-9H2,1-4H3. The van der Waals surface area contributed by atoms with Gasteiger partial charge in [0.1, 0.15) is 6.61 Å². The van der Waals surface area contributed by atoms with Gasteiger partial charge in [-0.05, 0) is 65.6 Å². The average molecular weight is 473 g/mol. The number of nitrogens with zero attached hydrogens (tertiary/aromatic N) is 1. The molecule has 0 fully saturated rings. The number of halogens is 1. The third-order valence-electron chi connectivity index (χ3n) is 3.87. The number of esters is 1. The molecular weight excluding hydrogens is 452 g/mol. The molecule has 2 rings (SSSR count). The first-order chi connectivity index (χ1) is 12.0. The van der Waals surface area contributed by atoms with Crippen LogP contribution in [0.5, 0.6) is 5.88 Å². The summed E-state index contributed by atoms with van der Waals surface area (Å²) in [6.45, 7) is 7.33. The molecule has 0 aliphatic carbocycles. The van der Waals surface area contributed by atoms with E-state index in [1.807, 2.05) is 39.0 Å². The van der Waals surface area contributed by atoms with Crippen molar-refractivity contribution < 1.29 is 18.8 Å². The summed E-state index contributed by atoms with van der Waals surface area (Å²) in [5.41, 5.74) is 5.34. The quantitative estimate of drug-likeness (QED) is 0.250. The van der Waals surface area contributed by atoms with Gasteiger partial charge in [0.05, 0.1) is 25.7 Å². The van der Waals surface area contributed by atoms with Gasteiger partial charge in [-0.2, -0.15) is 0 Å². The Morgan fingerprint density at radius 2 is 2.00 bits per heavy atom. The predicted octanol–water partition coefficient (Wildman–Crippen LogP) is 4.80. The summed E-state index contributed by atoms with van der Waals surface area (Å²) < 4.78 is 15.8. The maximum absolute atomic E-state index is 11.9. The van der Waals surface area contributed by atoms with E-state index in [1.54, 1.807) is 6.07 Å². The van der Waals surface area contributed by atoms with Crippen molar-refractivity contribution in [1.82, 2.24) is 4.98 Å².